The van der Waals surface area contributed by atoms with Crippen LogP contribution in [0.5, 0.6) is 0 Å². The van der Waals surface area contributed by atoms with Gasteiger partial charge in [0.1, 0.15) is 0 Å². The third-order valence-electron chi connectivity index (χ3n) is 8.04. The number of benzene rings is 2. The molecule has 2 aliphatic rings. The number of pyridine rings is 1. The van der Waals surface area contributed by atoms with Crippen LogP contribution in [0.2, 0.25) is 10.0 Å². The summed E-state index contributed by atoms with van der Waals surface area (Å²) < 4.78 is 0. The van der Waals surface area contributed by atoms with Crippen LogP contribution in [0.3, 0.4) is 0 Å². The SMILES string of the molecule is C=CCC1(C)CC(c2cccc(Cl)c2)C(c2ccc(Cl)cc2)N(C(CC)c2cccc(C3CC3)n2)C1=O. The number of nitrogens with zero attached hydrogens (tertiary/aromatic N) is 2. The molecule has 4 unspecified atom stereocenters. The molecule has 1 aliphatic heterocycles. The molecule has 1 saturated heterocycles. The van der Waals surface area contributed by atoms with Gasteiger partial charge in [0.05, 0.1) is 23.2 Å². The van der Waals surface area contributed by atoms with E-state index in [9.17, 15) is 4.79 Å². The number of hydrogen-bond donors (Lipinski definition) is 0. The minimum absolute atomic E-state index is 0.0446. The zero-order valence-corrected chi connectivity index (χ0v) is 23.1. The molecule has 1 amide bonds. The first-order valence-electron chi connectivity index (χ1n) is 13.3. The van der Waals surface area contributed by atoms with Gasteiger partial charge in [-0.3, -0.25) is 9.78 Å². The van der Waals surface area contributed by atoms with Crippen molar-refractivity contribution < 1.29 is 4.79 Å². The third-order valence-corrected chi connectivity index (χ3v) is 8.52. The van der Waals surface area contributed by atoms with E-state index in [-0.39, 0.29) is 23.9 Å². The molecular weight excluding hydrogens is 499 g/mol. The van der Waals surface area contributed by atoms with Crippen LogP contribution in [0.25, 0.3) is 0 Å². The predicted molar refractivity (Wildman–Crippen MR) is 152 cm³/mol. The second-order valence-electron chi connectivity index (χ2n) is 10.8. The molecule has 1 saturated carbocycles. The second-order valence-corrected chi connectivity index (χ2v) is 11.7. The minimum atomic E-state index is -0.584. The smallest absolute Gasteiger partial charge is 0.229 e. The van der Waals surface area contributed by atoms with Gasteiger partial charge in [-0.2, -0.15) is 0 Å². The molecule has 37 heavy (non-hydrogen) atoms. The number of hydrogen-bond acceptors (Lipinski definition) is 2. The third kappa shape index (κ3) is 5.22. The molecule has 0 bridgehead atoms. The Morgan fingerprint density at radius 3 is 2.43 bits per heavy atom. The van der Waals surface area contributed by atoms with Crippen LogP contribution in [-0.2, 0) is 4.79 Å². The summed E-state index contributed by atoms with van der Waals surface area (Å²) in [6, 6.07) is 22.0. The molecule has 5 rings (SSSR count). The van der Waals surface area contributed by atoms with Crippen molar-refractivity contribution in [2.24, 2.45) is 5.41 Å². The Morgan fingerprint density at radius 1 is 1.05 bits per heavy atom. The van der Waals surface area contributed by atoms with Gasteiger partial charge in [0.25, 0.3) is 0 Å². The van der Waals surface area contributed by atoms with Gasteiger partial charge in [0.15, 0.2) is 0 Å². The molecular formula is C32H34Cl2N2O. The number of aromatic nitrogens is 1. The van der Waals surface area contributed by atoms with Gasteiger partial charge in [-0.05, 0) is 79.6 Å². The average Bonchev–Trinajstić information content (AvgIpc) is 3.74. The summed E-state index contributed by atoms with van der Waals surface area (Å²) in [6.07, 6.45) is 6.34. The molecule has 3 nitrogen and oxygen atoms in total. The summed E-state index contributed by atoms with van der Waals surface area (Å²) in [4.78, 5) is 21.8. The lowest BCUT2D eigenvalue weighted by molar-refractivity contribution is -0.155. The van der Waals surface area contributed by atoms with Crippen LogP contribution >= 0.6 is 23.2 Å². The Labute approximate surface area is 230 Å². The average molecular weight is 534 g/mol. The molecule has 2 heterocycles. The van der Waals surface area contributed by atoms with E-state index in [4.69, 9.17) is 28.2 Å². The summed E-state index contributed by atoms with van der Waals surface area (Å²) in [6.45, 7) is 8.23. The fourth-order valence-corrected chi connectivity index (χ4v) is 6.37. The van der Waals surface area contributed by atoms with Crippen molar-refractivity contribution in [1.29, 1.82) is 0 Å². The van der Waals surface area contributed by atoms with Gasteiger partial charge >= 0.3 is 0 Å². The first-order valence-corrected chi connectivity index (χ1v) is 14.0. The molecule has 0 N–H and O–H groups in total. The number of halogens is 2. The van der Waals surface area contributed by atoms with Gasteiger partial charge in [-0.25, -0.2) is 0 Å². The summed E-state index contributed by atoms with van der Waals surface area (Å²) in [5.41, 5.74) is 3.73. The Kier molecular flexibility index (Phi) is 7.47. The highest BCUT2D eigenvalue weighted by atomic mass is 35.5. The number of rotatable bonds is 8. The molecule has 2 aromatic carbocycles. The molecule has 0 radical (unpaired) electrons. The van der Waals surface area contributed by atoms with Crippen LogP contribution in [0.15, 0.2) is 79.4 Å². The predicted octanol–water partition coefficient (Wildman–Crippen LogP) is 9.06. The summed E-state index contributed by atoms with van der Waals surface area (Å²) in [7, 11) is 0. The van der Waals surface area contributed by atoms with Gasteiger partial charge in [0, 0.05) is 27.6 Å². The highest BCUT2D eigenvalue weighted by molar-refractivity contribution is 6.30. The number of allylic oxidation sites excluding steroid dienone is 1. The van der Waals surface area contributed by atoms with Crippen LogP contribution in [-0.4, -0.2) is 15.8 Å². The minimum Gasteiger partial charge on any atom is -0.326 e. The summed E-state index contributed by atoms with van der Waals surface area (Å²) in [5, 5.41) is 1.38. The maximum absolute atomic E-state index is 14.5. The highest BCUT2D eigenvalue weighted by Gasteiger charge is 2.51. The van der Waals surface area contributed by atoms with E-state index in [2.05, 4.69) is 61.7 Å². The van der Waals surface area contributed by atoms with Crippen LogP contribution in [0.4, 0.5) is 0 Å². The Balaban J connectivity index is 1.69. The van der Waals surface area contributed by atoms with Crippen LogP contribution in [0, 0.1) is 5.41 Å². The lowest BCUT2D eigenvalue weighted by Gasteiger charge is -2.52. The zero-order chi connectivity index (χ0) is 26.2. The Bertz CT molecular complexity index is 1290. The van der Waals surface area contributed by atoms with E-state index in [1.54, 1.807) is 0 Å². The van der Waals surface area contributed by atoms with Gasteiger partial charge < -0.3 is 4.90 Å². The zero-order valence-electron chi connectivity index (χ0n) is 21.5. The first kappa shape index (κ1) is 26.0. The topological polar surface area (TPSA) is 33.2 Å². The van der Waals surface area contributed by atoms with Crippen LogP contribution in [0.1, 0.15) is 92.4 Å². The van der Waals surface area contributed by atoms with Crippen molar-refractivity contribution in [3.05, 3.63) is 112 Å². The van der Waals surface area contributed by atoms with Crippen molar-refractivity contribution in [2.75, 3.05) is 0 Å². The maximum Gasteiger partial charge on any atom is 0.229 e. The lowest BCUT2D eigenvalue weighted by atomic mass is 9.67. The van der Waals surface area contributed by atoms with Crippen molar-refractivity contribution in [1.82, 2.24) is 9.88 Å². The molecule has 5 heteroatoms. The van der Waals surface area contributed by atoms with Crippen molar-refractivity contribution >= 4 is 29.1 Å². The van der Waals surface area contributed by atoms with E-state index in [0.717, 1.165) is 28.9 Å². The van der Waals surface area contributed by atoms with Crippen molar-refractivity contribution in [2.45, 2.75) is 69.9 Å². The Hall–Kier alpha value is -2.62. The van der Waals surface area contributed by atoms with Gasteiger partial charge in [0.2, 0.25) is 5.91 Å². The molecule has 1 aromatic heterocycles. The van der Waals surface area contributed by atoms with Crippen molar-refractivity contribution in [3.63, 3.8) is 0 Å². The largest absolute Gasteiger partial charge is 0.326 e. The molecule has 0 spiro atoms. The van der Waals surface area contributed by atoms with E-state index < -0.39 is 5.41 Å². The summed E-state index contributed by atoms with van der Waals surface area (Å²) >= 11 is 12.8. The molecule has 3 aromatic rings. The standard InChI is InChI=1S/C32H34Cl2N2O/c1-4-18-32(3)20-26(23-8-6-9-25(34)19-23)30(22-14-16-24(33)17-15-22)36(31(32)37)29(5-2)28-11-7-10-27(35-28)21-12-13-21/h4,6-11,14-17,19,21,26,29-30H,1,5,12-13,18,20H2,2-3H3. The van der Waals surface area contributed by atoms with E-state index in [1.807, 2.05) is 36.4 Å². The molecule has 192 valence electrons. The van der Waals surface area contributed by atoms with E-state index >= 15 is 0 Å². The fourth-order valence-electron chi connectivity index (χ4n) is 6.04. The highest BCUT2D eigenvalue weighted by Crippen LogP contribution is 2.54. The lowest BCUT2D eigenvalue weighted by Crippen LogP contribution is -2.53. The number of piperidine rings is 1. The number of carbonyl (C=O) groups is 1. The monoisotopic (exact) mass is 532 g/mol. The van der Waals surface area contributed by atoms with Gasteiger partial charge in [-0.1, -0.05) is 73.5 Å². The summed E-state index contributed by atoms with van der Waals surface area (Å²) in [5.74, 6) is 0.742. The normalized spacial score (nSPS) is 24.6. The maximum atomic E-state index is 14.5. The van der Waals surface area contributed by atoms with E-state index in [1.165, 1.54) is 12.8 Å². The first-order chi connectivity index (χ1) is 17.8. The fraction of sp³-hybridized carbons (Fsp3) is 0.375. The van der Waals surface area contributed by atoms with Crippen molar-refractivity contribution in [3.8, 4) is 0 Å². The quantitative estimate of drug-likeness (QED) is 0.271. The van der Waals surface area contributed by atoms with E-state index in [0.29, 0.717) is 28.8 Å². The molecule has 4 atom stereocenters. The molecule has 2 fully saturated rings. The number of likely N-dealkylation sites (tertiary alicyclic amines) is 1. The van der Waals surface area contributed by atoms with Crippen LogP contribution < -0.4 is 0 Å². The Morgan fingerprint density at radius 2 is 1.78 bits per heavy atom. The number of amides is 1. The molecule has 1 aliphatic carbocycles. The second kappa shape index (κ2) is 10.6. The van der Waals surface area contributed by atoms with Gasteiger partial charge in [-0.15, -0.1) is 6.58 Å². The number of carbonyl (C=O) groups excluding carboxylic acids is 1.